The molecule has 8 heteroatoms. The molecule has 0 radical (unpaired) electrons. The van der Waals surface area contributed by atoms with Crippen molar-refractivity contribution >= 4 is 43.6 Å². The molecule has 1 aromatic heterocycles. The van der Waals surface area contributed by atoms with Crippen LogP contribution in [0, 0.1) is 0 Å². The van der Waals surface area contributed by atoms with E-state index in [-0.39, 0.29) is 5.44 Å². The predicted octanol–water partition coefficient (Wildman–Crippen LogP) is 3.55. The van der Waals surface area contributed by atoms with Gasteiger partial charge in [0, 0.05) is 4.47 Å². The molecule has 0 fully saturated rings. The molecular weight excluding hydrogens is 400 g/mol. The van der Waals surface area contributed by atoms with E-state index in [1.807, 2.05) is 25.1 Å². The van der Waals surface area contributed by atoms with Gasteiger partial charge in [-0.3, -0.25) is 0 Å². The Morgan fingerprint density at radius 3 is 2.95 bits per heavy atom. The molecule has 0 aliphatic heterocycles. The van der Waals surface area contributed by atoms with E-state index in [2.05, 4.69) is 42.1 Å². The molecule has 1 aromatic carbocycles. The lowest BCUT2D eigenvalue weighted by molar-refractivity contribution is 0.305. The summed E-state index contributed by atoms with van der Waals surface area (Å²) in [6.07, 6.45) is 0. The fourth-order valence-corrected chi connectivity index (χ4v) is 3.11. The van der Waals surface area contributed by atoms with Crippen molar-refractivity contribution in [2.45, 2.75) is 18.1 Å². The maximum atomic E-state index is 10.8. The van der Waals surface area contributed by atoms with Gasteiger partial charge in [-0.1, -0.05) is 15.9 Å². The van der Waals surface area contributed by atoms with Gasteiger partial charge in [0.15, 0.2) is 0 Å². The Morgan fingerprint density at radius 1 is 1.53 bits per heavy atom. The third-order valence-corrected chi connectivity index (χ3v) is 4.20. The Bertz CT molecular complexity index is 614. The summed E-state index contributed by atoms with van der Waals surface area (Å²) in [4.78, 5) is 10.8. The number of halogens is 2. The number of hydrogen-bond donors (Lipinski definition) is 1. The van der Waals surface area contributed by atoms with Crippen molar-refractivity contribution in [1.82, 2.24) is 10.2 Å². The summed E-state index contributed by atoms with van der Waals surface area (Å²) in [5.74, 6) is 1.04. The van der Waals surface area contributed by atoms with E-state index in [1.165, 1.54) is 11.8 Å². The summed E-state index contributed by atoms with van der Waals surface area (Å²) in [5, 5.41) is 5.95. The van der Waals surface area contributed by atoms with E-state index < -0.39 is 5.76 Å². The van der Waals surface area contributed by atoms with Crippen molar-refractivity contribution < 1.29 is 9.15 Å². The first kappa shape index (κ1) is 14.7. The van der Waals surface area contributed by atoms with Gasteiger partial charge in [0.05, 0.1) is 10.2 Å². The number of thioether (sulfide) groups is 1. The zero-order valence-corrected chi connectivity index (χ0v) is 13.8. The van der Waals surface area contributed by atoms with Gasteiger partial charge in [-0.05, 0) is 41.1 Å². The highest BCUT2D eigenvalue weighted by Crippen LogP contribution is 2.30. The molecule has 19 heavy (non-hydrogen) atoms. The average molecular weight is 410 g/mol. The third-order valence-electron chi connectivity index (χ3n) is 2.11. The first-order valence-electron chi connectivity index (χ1n) is 5.32. The maximum Gasteiger partial charge on any atom is 0.434 e. The van der Waals surface area contributed by atoms with Gasteiger partial charge in [-0.2, -0.15) is 0 Å². The van der Waals surface area contributed by atoms with Crippen molar-refractivity contribution in [3.05, 3.63) is 43.6 Å². The number of rotatable bonds is 5. The molecule has 102 valence electrons. The molecule has 5 nitrogen and oxygen atoms in total. The van der Waals surface area contributed by atoms with Gasteiger partial charge in [0.2, 0.25) is 5.89 Å². The maximum absolute atomic E-state index is 10.8. The molecule has 0 bridgehead atoms. The standard InChI is InChI=1S/C11H10Br2N2O3S/c1-6(19-5-10-14-15-11(16)18-10)17-9-3-2-7(12)4-8(9)13/h2-4,6H,5H2,1H3,(H,15,16). The number of benzene rings is 1. The van der Waals surface area contributed by atoms with Crippen molar-refractivity contribution in [3.63, 3.8) is 0 Å². The second-order valence-electron chi connectivity index (χ2n) is 3.58. The number of H-pyrrole nitrogens is 1. The molecule has 0 amide bonds. The van der Waals surface area contributed by atoms with Crippen LogP contribution >= 0.6 is 43.6 Å². The summed E-state index contributed by atoms with van der Waals surface area (Å²) in [6.45, 7) is 1.92. The summed E-state index contributed by atoms with van der Waals surface area (Å²) in [6, 6.07) is 5.70. The SMILES string of the molecule is CC(Oc1ccc(Br)cc1Br)SCc1n[nH]c(=O)o1. The topological polar surface area (TPSA) is 68.1 Å². The van der Waals surface area contributed by atoms with E-state index in [0.717, 1.165) is 14.7 Å². The zero-order chi connectivity index (χ0) is 13.8. The number of hydrogen-bond acceptors (Lipinski definition) is 5. The number of aromatic amines is 1. The van der Waals surface area contributed by atoms with Crippen LogP contribution in [0.15, 0.2) is 36.4 Å². The lowest BCUT2D eigenvalue weighted by atomic mass is 10.3. The third kappa shape index (κ3) is 4.39. The Kier molecular flexibility index (Phi) is 5.12. The minimum atomic E-state index is -0.542. The van der Waals surface area contributed by atoms with Crippen LogP contribution < -0.4 is 10.5 Å². The van der Waals surface area contributed by atoms with Crippen LogP contribution in [-0.2, 0) is 5.75 Å². The average Bonchev–Trinajstić information content (AvgIpc) is 2.76. The molecule has 0 saturated carbocycles. The molecule has 0 aliphatic rings. The molecule has 0 saturated heterocycles. The van der Waals surface area contributed by atoms with Crippen molar-refractivity contribution in [2.75, 3.05) is 0 Å². The van der Waals surface area contributed by atoms with E-state index in [9.17, 15) is 4.79 Å². The number of nitrogens with zero attached hydrogens (tertiary/aromatic N) is 1. The molecule has 1 unspecified atom stereocenters. The van der Waals surface area contributed by atoms with Crippen LogP contribution in [0.4, 0.5) is 0 Å². The summed E-state index contributed by atoms with van der Waals surface area (Å²) < 4.78 is 12.4. The zero-order valence-electron chi connectivity index (χ0n) is 9.85. The number of nitrogens with one attached hydrogen (secondary N) is 1. The van der Waals surface area contributed by atoms with Gasteiger partial charge in [0.25, 0.3) is 0 Å². The van der Waals surface area contributed by atoms with Crippen LogP contribution in [0.2, 0.25) is 0 Å². The lowest BCUT2D eigenvalue weighted by Crippen LogP contribution is -2.07. The smallest absolute Gasteiger partial charge is 0.434 e. The summed E-state index contributed by atoms with van der Waals surface area (Å²) in [7, 11) is 0. The Labute approximate surface area is 130 Å². The molecule has 1 N–H and O–H groups in total. The largest absolute Gasteiger partial charge is 0.479 e. The minimum Gasteiger partial charge on any atom is -0.479 e. The van der Waals surface area contributed by atoms with Gasteiger partial charge in [-0.15, -0.1) is 16.9 Å². The number of ether oxygens (including phenoxy) is 1. The van der Waals surface area contributed by atoms with E-state index in [4.69, 9.17) is 9.15 Å². The van der Waals surface area contributed by atoms with E-state index >= 15 is 0 Å². The molecule has 2 rings (SSSR count). The predicted molar refractivity (Wildman–Crippen MR) is 80.4 cm³/mol. The Morgan fingerprint density at radius 2 is 2.32 bits per heavy atom. The monoisotopic (exact) mass is 408 g/mol. The molecule has 1 atom stereocenters. The van der Waals surface area contributed by atoms with Gasteiger partial charge >= 0.3 is 5.76 Å². The first-order chi connectivity index (χ1) is 9.04. The molecule has 2 aromatic rings. The van der Waals surface area contributed by atoms with Crippen LogP contribution in [0.3, 0.4) is 0 Å². The summed E-state index contributed by atoms with van der Waals surface area (Å²) >= 11 is 8.30. The highest BCUT2D eigenvalue weighted by atomic mass is 79.9. The quantitative estimate of drug-likeness (QED) is 0.764. The van der Waals surface area contributed by atoms with Crippen LogP contribution in [0.1, 0.15) is 12.8 Å². The van der Waals surface area contributed by atoms with Gasteiger partial charge in [0.1, 0.15) is 11.2 Å². The van der Waals surface area contributed by atoms with E-state index in [0.29, 0.717) is 11.6 Å². The number of aromatic nitrogens is 2. The van der Waals surface area contributed by atoms with Crippen molar-refractivity contribution in [3.8, 4) is 5.75 Å². The second kappa shape index (κ2) is 6.62. The Balaban J connectivity index is 1.90. The molecule has 0 spiro atoms. The normalized spacial score (nSPS) is 12.4. The van der Waals surface area contributed by atoms with E-state index in [1.54, 1.807) is 0 Å². The van der Waals surface area contributed by atoms with Gasteiger partial charge in [-0.25, -0.2) is 9.89 Å². The highest BCUT2D eigenvalue weighted by Gasteiger charge is 2.10. The molecule has 1 heterocycles. The van der Waals surface area contributed by atoms with Crippen molar-refractivity contribution in [2.24, 2.45) is 0 Å². The summed E-state index contributed by atoms with van der Waals surface area (Å²) in [5.41, 5.74) is -0.0977. The van der Waals surface area contributed by atoms with Crippen molar-refractivity contribution in [1.29, 1.82) is 0 Å². The van der Waals surface area contributed by atoms with Crippen LogP contribution in [0.25, 0.3) is 0 Å². The van der Waals surface area contributed by atoms with Gasteiger partial charge < -0.3 is 9.15 Å². The first-order valence-corrected chi connectivity index (χ1v) is 7.96. The lowest BCUT2D eigenvalue weighted by Gasteiger charge is -2.14. The second-order valence-corrected chi connectivity index (χ2v) is 6.63. The molecular formula is C11H10Br2N2O3S. The fourth-order valence-electron chi connectivity index (χ4n) is 1.29. The van der Waals surface area contributed by atoms with Crippen LogP contribution in [-0.4, -0.2) is 15.6 Å². The highest BCUT2D eigenvalue weighted by molar-refractivity contribution is 9.11. The fraction of sp³-hybridized carbons (Fsp3) is 0.273. The minimum absolute atomic E-state index is 0.0977. The Hall–Kier alpha value is -0.730. The van der Waals surface area contributed by atoms with Crippen LogP contribution in [0.5, 0.6) is 5.75 Å². The molecule has 0 aliphatic carbocycles.